The normalized spacial score (nSPS) is 10.5. The number of nitrogens with one attached hydrogen (secondary N) is 1. The number of esters is 1. The zero-order chi connectivity index (χ0) is 17.1. The van der Waals surface area contributed by atoms with Crippen LogP contribution in [0.4, 0.5) is 14.5 Å². The molecule has 0 spiro atoms. The fraction of sp³-hybridized carbons (Fsp3) is 0.250. The summed E-state index contributed by atoms with van der Waals surface area (Å²) in [7, 11) is 0. The van der Waals surface area contributed by atoms with Crippen molar-refractivity contribution in [3.63, 3.8) is 0 Å². The van der Waals surface area contributed by atoms with Crippen molar-refractivity contribution in [1.29, 1.82) is 0 Å². The number of benzene rings is 1. The van der Waals surface area contributed by atoms with Crippen LogP contribution in [0.25, 0.3) is 0 Å². The molecule has 0 saturated carbocycles. The standard InChI is InChI=1S/C16H15F2NO4/c1-8-9(2)23-10(3)15(8)16(21)22-7-14(20)19-13-6-11(17)4-5-12(13)18/h4-6H,7H2,1-3H3,(H,19,20). The number of carbonyl (C=O) groups is 2. The highest BCUT2D eigenvalue weighted by Crippen LogP contribution is 2.21. The first-order valence-electron chi connectivity index (χ1n) is 6.78. The molecular weight excluding hydrogens is 308 g/mol. The number of furan rings is 1. The van der Waals surface area contributed by atoms with Crippen LogP contribution in [0.15, 0.2) is 22.6 Å². The van der Waals surface area contributed by atoms with E-state index in [0.717, 1.165) is 18.2 Å². The molecule has 1 aromatic heterocycles. The molecule has 0 atom stereocenters. The number of rotatable bonds is 4. The van der Waals surface area contributed by atoms with Gasteiger partial charge < -0.3 is 14.5 Å². The minimum Gasteiger partial charge on any atom is -0.465 e. The van der Waals surface area contributed by atoms with Gasteiger partial charge in [0.05, 0.1) is 5.69 Å². The molecule has 122 valence electrons. The topological polar surface area (TPSA) is 68.5 Å². The fourth-order valence-corrected chi connectivity index (χ4v) is 2.08. The van der Waals surface area contributed by atoms with E-state index in [1.807, 2.05) is 0 Å². The van der Waals surface area contributed by atoms with Crippen molar-refractivity contribution in [3.8, 4) is 0 Å². The number of halogens is 2. The van der Waals surface area contributed by atoms with E-state index >= 15 is 0 Å². The molecular formula is C16H15F2NO4. The Morgan fingerprint density at radius 3 is 2.48 bits per heavy atom. The second-order valence-electron chi connectivity index (χ2n) is 4.96. The first-order valence-corrected chi connectivity index (χ1v) is 6.78. The SMILES string of the molecule is Cc1oc(C)c(C(=O)OCC(=O)Nc2cc(F)ccc2F)c1C. The van der Waals surface area contributed by atoms with Gasteiger partial charge in [-0.05, 0) is 32.9 Å². The summed E-state index contributed by atoms with van der Waals surface area (Å²) in [5.74, 6) is -2.01. The Morgan fingerprint density at radius 2 is 1.87 bits per heavy atom. The summed E-state index contributed by atoms with van der Waals surface area (Å²) in [6.45, 7) is 4.39. The second kappa shape index (κ2) is 6.60. The van der Waals surface area contributed by atoms with E-state index < -0.39 is 30.1 Å². The molecule has 1 heterocycles. The van der Waals surface area contributed by atoms with Crippen LogP contribution in [0.5, 0.6) is 0 Å². The third-order valence-corrected chi connectivity index (χ3v) is 3.30. The molecule has 0 unspecified atom stereocenters. The second-order valence-corrected chi connectivity index (χ2v) is 4.96. The van der Waals surface area contributed by atoms with E-state index in [1.54, 1.807) is 20.8 Å². The Kier molecular flexibility index (Phi) is 4.78. The molecule has 23 heavy (non-hydrogen) atoms. The Hall–Kier alpha value is -2.70. The summed E-state index contributed by atoms with van der Waals surface area (Å²) < 4.78 is 36.6. The van der Waals surface area contributed by atoms with E-state index in [0.29, 0.717) is 17.1 Å². The summed E-state index contributed by atoms with van der Waals surface area (Å²) >= 11 is 0. The first kappa shape index (κ1) is 16.7. The molecule has 0 bridgehead atoms. The number of anilines is 1. The van der Waals surface area contributed by atoms with Crippen LogP contribution in [0.3, 0.4) is 0 Å². The van der Waals surface area contributed by atoms with E-state index in [4.69, 9.17) is 9.15 Å². The lowest BCUT2D eigenvalue weighted by molar-refractivity contribution is -0.119. The van der Waals surface area contributed by atoms with Gasteiger partial charge in [-0.15, -0.1) is 0 Å². The summed E-state index contributed by atoms with van der Waals surface area (Å²) in [5, 5.41) is 2.14. The minimum absolute atomic E-state index is 0.257. The maximum atomic E-state index is 13.4. The molecule has 1 amide bonds. The zero-order valence-corrected chi connectivity index (χ0v) is 12.8. The van der Waals surface area contributed by atoms with Crippen molar-refractivity contribution in [3.05, 3.63) is 52.5 Å². The molecule has 1 aromatic carbocycles. The molecule has 0 fully saturated rings. The number of amides is 1. The van der Waals surface area contributed by atoms with Gasteiger partial charge in [-0.2, -0.15) is 0 Å². The van der Waals surface area contributed by atoms with Gasteiger partial charge in [0, 0.05) is 11.6 Å². The molecule has 0 saturated heterocycles. The highest BCUT2D eigenvalue weighted by molar-refractivity contribution is 5.96. The lowest BCUT2D eigenvalue weighted by atomic mass is 10.1. The van der Waals surface area contributed by atoms with Crippen molar-refractivity contribution in [2.24, 2.45) is 0 Å². The smallest absolute Gasteiger partial charge is 0.342 e. The fourth-order valence-electron chi connectivity index (χ4n) is 2.08. The van der Waals surface area contributed by atoms with E-state index in [-0.39, 0.29) is 11.3 Å². The van der Waals surface area contributed by atoms with E-state index in [2.05, 4.69) is 5.32 Å². The monoisotopic (exact) mass is 323 g/mol. The molecule has 2 aromatic rings. The highest BCUT2D eigenvalue weighted by atomic mass is 19.1. The summed E-state index contributed by atoms with van der Waals surface area (Å²) in [6.07, 6.45) is 0. The average molecular weight is 323 g/mol. The number of ether oxygens (including phenoxy) is 1. The highest BCUT2D eigenvalue weighted by Gasteiger charge is 2.21. The summed E-state index contributed by atoms with van der Waals surface area (Å²) in [4.78, 5) is 23.7. The molecule has 0 aliphatic rings. The number of hydrogen-bond donors (Lipinski definition) is 1. The van der Waals surface area contributed by atoms with Gasteiger partial charge in [-0.1, -0.05) is 0 Å². The molecule has 0 radical (unpaired) electrons. The Bertz CT molecular complexity index is 768. The van der Waals surface area contributed by atoms with Crippen LogP contribution >= 0.6 is 0 Å². The maximum Gasteiger partial charge on any atom is 0.342 e. The largest absolute Gasteiger partial charge is 0.465 e. The van der Waals surface area contributed by atoms with Crippen LogP contribution in [0.2, 0.25) is 0 Å². The third-order valence-electron chi connectivity index (χ3n) is 3.30. The Balaban J connectivity index is 1.99. The van der Waals surface area contributed by atoms with Crippen LogP contribution in [-0.4, -0.2) is 18.5 Å². The predicted octanol–water partition coefficient (Wildman–Crippen LogP) is 3.28. The van der Waals surface area contributed by atoms with Gasteiger partial charge in [0.2, 0.25) is 0 Å². The van der Waals surface area contributed by atoms with Crippen LogP contribution in [-0.2, 0) is 9.53 Å². The van der Waals surface area contributed by atoms with Gasteiger partial charge in [-0.25, -0.2) is 13.6 Å². The van der Waals surface area contributed by atoms with Gasteiger partial charge in [0.15, 0.2) is 6.61 Å². The third kappa shape index (κ3) is 3.74. The van der Waals surface area contributed by atoms with E-state index in [1.165, 1.54) is 0 Å². The van der Waals surface area contributed by atoms with Gasteiger partial charge in [0.1, 0.15) is 28.7 Å². The molecule has 2 rings (SSSR count). The number of aryl methyl sites for hydroxylation is 2. The van der Waals surface area contributed by atoms with Gasteiger partial charge in [-0.3, -0.25) is 4.79 Å². The van der Waals surface area contributed by atoms with Gasteiger partial charge in [0.25, 0.3) is 5.91 Å². The van der Waals surface area contributed by atoms with Crippen molar-refractivity contribution in [1.82, 2.24) is 0 Å². The van der Waals surface area contributed by atoms with Crippen LogP contribution in [0, 0.1) is 32.4 Å². The average Bonchev–Trinajstić information content (AvgIpc) is 2.73. The summed E-state index contributed by atoms with van der Waals surface area (Å²) in [5.41, 5.74) is 0.564. The lowest BCUT2D eigenvalue weighted by Gasteiger charge is -2.07. The van der Waals surface area contributed by atoms with Crippen molar-refractivity contribution in [2.75, 3.05) is 11.9 Å². The van der Waals surface area contributed by atoms with Gasteiger partial charge >= 0.3 is 5.97 Å². The van der Waals surface area contributed by atoms with Crippen molar-refractivity contribution < 1.29 is 27.5 Å². The van der Waals surface area contributed by atoms with Crippen LogP contribution < -0.4 is 5.32 Å². The van der Waals surface area contributed by atoms with Crippen molar-refractivity contribution >= 4 is 17.6 Å². The molecule has 0 aliphatic carbocycles. The number of carbonyl (C=O) groups excluding carboxylic acids is 2. The van der Waals surface area contributed by atoms with E-state index in [9.17, 15) is 18.4 Å². The van der Waals surface area contributed by atoms with Crippen molar-refractivity contribution in [2.45, 2.75) is 20.8 Å². The number of hydrogen-bond acceptors (Lipinski definition) is 4. The Labute approximate surface area is 131 Å². The molecule has 7 heteroatoms. The Morgan fingerprint density at radius 1 is 1.17 bits per heavy atom. The molecule has 0 aliphatic heterocycles. The quantitative estimate of drug-likeness (QED) is 0.877. The molecule has 1 N–H and O–H groups in total. The van der Waals surface area contributed by atoms with Crippen LogP contribution in [0.1, 0.15) is 27.4 Å². The predicted molar refractivity (Wildman–Crippen MR) is 78.2 cm³/mol. The first-order chi connectivity index (χ1) is 10.8. The summed E-state index contributed by atoms with van der Waals surface area (Å²) in [6, 6.07) is 2.65. The zero-order valence-electron chi connectivity index (χ0n) is 12.8. The maximum absolute atomic E-state index is 13.4. The minimum atomic E-state index is -0.789. The lowest BCUT2D eigenvalue weighted by Crippen LogP contribution is -2.22. The molecule has 5 nitrogen and oxygen atoms in total.